The number of carbonyl (C=O) groups excluding carboxylic acids is 1. The predicted octanol–water partition coefficient (Wildman–Crippen LogP) is 4.65. The van der Waals surface area contributed by atoms with Crippen molar-refractivity contribution in [1.29, 1.82) is 0 Å². The minimum Gasteiger partial charge on any atom is -0.321 e. The summed E-state index contributed by atoms with van der Waals surface area (Å²) in [4.78, 5) is 33.9. The molecule has 12 heteroatoms. The summed E-state index contributed by atoms with van der Waals surface area (Å²) < 4.78 is 68.0. The second-order valence-corrected chi connectivity index (χ2v) is 11.2. The molecule has 2 aliphatic heterocycles. The van der Waals surface area contributed by atoms with Gasteiger partial charge in [0.25, 0.3) is 5.56 Å². The highest BCUT2D eigenvalue weighted by Crippen LogP contribution is 2.40. The number of halogens is 5. The number of carbonyl (C=O) groups is 1. The molecule has 3 heterocycles. The van der Waals surface area contributed by atoms with Crippen molar-refractivity contribution in [2.24, 2.45) is 0 Å². The number of urea groups is 1. The first kappa shape index (κ1) is 28.5. The summed E-state index contributed by atoms with van der Waals surface area (Å²) in [6.07, 6.45) is -0.0520. The van der Waals surface area contributed by atoms with Gasteiger partial charge < -0.3 is 20.1 Å². The van der Waals surface area contributed by atoms with Gasteiger partial charge in [0.05, 0.1) is 6.04 Å². The number of aromatic amines is 1. The van der Waals surface area contributed by atoms with Gasteiger partial charge in [-0.25, -0.2) is 13.6 Å². The number of nitrogens with one attached hydrogen (secondary N) is 2. The Labute approximate surface area is 229 Å². The Morgan fingerprint density at radius 3 is 2.52 bits per heavy atom. The molecule has 218 valence electrons. The largest absolute Gasteiger partial charge is 0.431 e. The molecule has 3 fully saturated rings. The van der Waals surface area contributed by atoms with Crippen molar-refractivity contribution in [1.82, 2.24) is 25.0 Å². The van der Waals surface area contributed by atoms with E-state index in [0.29, 0.717) is 39.0 Å². The summed E-state index contributed by atoms with van der Waals surface area (Å²) in [5.41, 5.74) is -1.86. The smallest absolute Gasteiger partial charge is 0.321 e. The second-order valence-electron chi connectivity index (χ2n) is 11.2. The number of hydrogen-bond acceptors (Lipinski definition) is 4. The number of amides is 2. The molecule has 5 rings (SSSR count). The molecular weight excluding hydrogens is 533 g/mol. The van der Waals surface area contributed by atoms with Gasteiger partial charge in [0.2, 0.25) is 0 Å². The van der Waals surface area contributed by atoms with E-state index in [4.69, 9.17) is 0 Å². The summed E-state index contributed by atoms with van der Waals surface area (Å²) >= 11 is 0. The average Bonchev–Trinajstić information content (AvgIpc) is 3.39. The zero-order valence-electron chi connectivity index (χ0n) is 22.4. The van der Waals surface area contributed by atoms with Gasteiger partial charge in [-0.15, -0.1) is 0 Å². The van der Waals surface area contributed by atoms with E-state index in [2.05, 4.69) is 10.2 Å². The molecule has 7 nitrogen and oxygen atoms in total. The van der Waals surface area contributed by atoms with Crippen molar-refractivity contribution in [2.45, 2.75) is 68.9 Å². The minimum absolute atomic E-state index is 0.0524. The molecule has 2 aromatic rings. The number of benzene rings is 1. The van der Waals surface area contributed by atoms with Crippen molar-refractivity contribution in [3.05, 3.63) is 69.1 Å². The number of piperidine rings is 1. The number of likely N-dealkylation sites (tertiary alicyclic amines) is 1. The second kappa shape index (κ2) is 11.1. The number of alkyl halides is 3. The van der Waals surface area contributed by atoms with E-state index >= 15 is 0 Å². The molecule has 1 aromatic heterocycles. The highest BCUT2D eigenvalue weighted by molar-refractivity contribution is 5.75. The number of hydrogen-bond donors (Lipinski definition) is 2. The zero-order chi connectivity index (χ0) is 28.7. The molecule has 0 unspecified atom stereocenters. The molecule has 1 spiro atoms. The topological polar surface area (TPSA) is 71.7 Å². The van der Waals surface area contributed by atoms with Crippen molar-refractivity contribution in [3.63, 3.8) is 0 Å². The van der Waals surface area contributed by atoms with Crippen LogP contribution in [0.5, 0.6) is 0 Å². The van der Waals surface area contributed by atoms with Crippen LogP contribution in [0, 0.1) is 11.6 Å². The summed E-state index contributed by atoms with van der Waals surface area (Å²) in [5, 5.41) is 3.20. The van der Waals surface area contributed by atoms with E-state index in [-0.39, 0.29) is 29.7 Å². The minimum atomic E-state index is -4.63. The summed E-state index contributed by atoms with van der Waals surface area (Å²) in [7, 11) is 1.81. The standard InChI is InChI=1S/C28H34F5N5O2/c1-34-20-8-11-38(23(15-20)21-14-19(29)5-6-22(21)30)26(40)36-12-13-37(27(17-36)9-2-3-10-27)16-18-4-7-24(28(31,32)33)35-25(18)39/h4-7,14,20,23,34H,2-3,8-13,15-17H2,1H3,(H,35,39)/t20-,23+/m1/s1. The van der Waals surface area contributed by atoms with Crippen LogP contribution in [0.4, 0.5) is 26.7 Å². The third-order valence-corrected chi connectivity index (χ3v) is 8.83. The lowest BCUT2D eigenvalue weighted by Gasteiger charge is -2.51. The fraction of sp³-hybridized carbons (Fsp3) is 0.571. The molecular formula is C28H34F5N5O2. The third-order valence-electron chi connectivity index (χ3n) is 8.83. The van der Waals surface area contributed by atoms with Crippen molar-refractivity contribution in [3.8, 4) is 0 Å². The highest BCUT2D eigenvalue weighted by atomic mass is 19.4. The Bertz CT molecular complexity index is 1290. The van der Waals surface area contributed by atoms with Gasteiger partial charge in [0, 0.05) is 55.4 Å². The normalized spacial score (nSPS) is 23.6. The first-order chi connectivity index (χ1) is 19.0. The molecule has 2 N–H and O–H groups in total. The SMILES string of the molecule is CN[C@@H]1CCN(C(=O)N2CCN(Cc3ccc(C(F)(F)F)[nH]c3=O)C3(CCCC3)C2)[C@H](c2cc(F)ccc2F)C1. The molecule has 2 atom stereocenters. The van der Waals surface area contributed by atoms with E-state index in [1.165, 1.54) is 6.07 Å². The number of aromatic nitrogens is 1. The molecule has 1 saturated carbocycles. The molecule has 40 heavy (non-hydrogen) atoms. The van der Waals surface area contributed by atoms with Gasteiger partial charge in [-0.05, 0) is 57.0 Å². The van der Waals surface area contributed by atoms with Crippen LogP contribution in [0.1, 0.15) is 61.4 Å². The Hall–Kier alpha value is -2.99. The van der Waals surface area contributed by atoms with Gasteiger partial charge in [-0.3, -0.25) is 9.69 Å². The zero-order valence-corrected chi connectivity index (χ0v) is 22.4. The van der Waals surface area contributed by atoms with Crippen LogP contribution in [0.25, 0.3) is 0 Å². The molecule has 2 saturated heterocycles. The van der Waals surface area contributed by atoms with Crippen LogP contribution in [0.3, 0.4) is 0 Å². The van der Waals surface area contributed by atoms with Crippen molar-refractivity contribution in [2.75, 3.05) is 33.2 Å². The number of piperazine rings is 1. The van der Waals surface area contributed by atoms with Crippen LogP contribution in [0.15, 0.2) is 35.1 Å². The van der Waals surface area contributed by atoms with Gasteiger partial charge in [-0.1, -0.05) is 18.9 Å². The Morgan fingerprint density at radius 1 is 1.10 bits per heavy atom. The molecule has 3 aliphatic rings. The number of pyridine rings is 1. The van der Waals surface area contributed by atoms with E-state index in [1.807, 2.05) is 12.0 Å². The van der Waals surface area contributed by atoms with Gasteiger partial charge in [0.1, 0.15) is 17.3 Å². The van der Waals surface area contributed by atoms with E-state index in [9.17, 15) is 31.5 Å². The number of H-pyrrole nitrogens is 1. The summed E-state index contributed by atoms with van der Waals surface area (Å²) in [6, 6.07) is 4.62. The lowest BCUT2D eigenvalue weighted by Crippen LogP contribution is -2.64. The third kappa shape index (κ3) is 5.60. The number of rotatable bonds is 4. The predicted molar refractivity (Wildman–Crippen MR) is 139 cm³/mol. The van der Waals surface area contributed by atoms with Crippen LogP contribution in [0.2, 0.25) is 0 Å². The average molecular weight is 568 g/mol. The lowest BCUT2D eigenvalue weighted by atomic mass is 9.90. The van der Waals surface area contributed by atoms with Crippen LogP contribution < -0.4 is 10.9 Å². The highest BCUT2D eigenvalue weighted by Gasteiger charge is 2.47. The van der Waals surface area contributed by atoms with Gasteiger partial charge >= 0.3 is 12.2 Å². The lowest BCUT2D eigenvalue weighted by molar-refractivity contribution is -0.141. The van der Waals surface area contributed by atoms with Crippen molar-refractivity contribution < 1.29 is 26.7 Å². The van der Waals surface area contributed by atoms with E-state index < -0.39 is 40.6 Å². The summed E-state index contributed by atoms with van der Waals surface area (Å²) in [5.74, 6) is -1.12. The maximum atomic E-state index is 14.8. The first-order valence-corrected chi connectivity index (χ1v) is 13.7. The van der Waals surface area contributed by atoms with E-state index in [0.717, 1.165) is 49.9 Å². The molecule has 0 bridgehead atoms. The Morgan fingerprint density at radius 2 is 1.85 bits per heavy atom. The van der Waals surface area contributed by atoms with Crippen LogP contribution in [-0.4, -0.2) is 70.5 Å². The fourth-order valence-electron chi connectivity index (χ4n) is 6.63. The van der Waals surface area contributed by atoms with Crippen LogP contribution in [-0.2, 0) is 12.7 Å². The summed E-state index contributed by atoms with van der Waals surface area (Å²) in [6.45, 7) is 1.76. The maximum Gasteiger partial charge on any atom is 0.431 e. The maximum absolute atomic E-state index is 14.8. The molecule has 2 amide bonds. The van der Waals surface area contributed by atoms with Gasteiger partial charge in [-0.2, -0.15) is 13.2 Å². The van der Waals surface area contributed by atoms with E-state index in [1.54, 1.807) is 9.80 Å². The van der Waals surface area contributed by atoms with Crippen LogP contribution >= 0.6 is 0 Å². The molecule has 1 aliphatic carbocycles. The van der Waals surface area contributed by atoms with Crippen molar-refractivity contribution >= 4 is 6.03 Å². The quantitative estimate of drug-likeness (QED) is 0.528. The monoisotopic (exact) mass is 567 g/mol. The molecule has 0 radical (unpaired) electrons. The van der Waals surface area contributed by atoms with Gasteiger partial charge in [0.15, 0.2) is 0 Å². The Kier molecular flexibility index (Phi) is 7.93. The number of nitrogens with zero attached hydrogens (tertiary/aromatic N) is 3. The molecule has 1 aromatic carbocycles. The fourth-order valence-corrected chi connectivity index (χ4v) is 6.63. The first-order valence-electron chi connectivity index (χ1n) is 13.7. The Balaban J connectivity index is 1.36.